The zero-order chi connectivity index (χ0) is 20.3. The zero-order valence-electron chi connectivity index (χ0n) is 15.0. The van der Waals surface area contributed by atoms with Crippen LogP contribution in [0.2, 0.25) is 5.02 Å². The molecule has 3 rings (SSSR count). The van der Waals surface area contributed by atoms with E-state index >= 15 is 0 Å². The summed E-state index contributed by atoms with van der Waals surface area (Å²) in [5, 5.41) is 15.1. The number of aryl methyl sites for hydroxylation is 1. The minimum atomic E-state index is -0.760. The van der Waals surface area contributed by atoms with Crippen molar-refractivity contribution in [1.82, 2.24) is 10.1 Å². The number of benzene rings is 1. The van der Waals surface area contributed by atoms with Crippen LogP contribution in [0.15, 0.2) is 28.8 Å². The van der Waals surface area contributed by atoms with Gasteiger partial charge in [0.25, 0.3) is 11.6 Å². The molecule has 1 aliphatic rings. The second-order valence-electron chi connectivity index (χ2n) is 6.17. The van der Waals surface area contributed by atoms with Gasteiger partial charge in [0.15, 0.2) is 6.61 Å². The smallest absolute Gasteiger partial charge is 0.377 e. The summed E-state index contributed by atoms with van der Waals surface area (Å²) in [6, 6.07) is 5.91. The van der Waals surface area contributed by atoms with E-state index in [0.717, 1.165) is 0 Å². The van der Waals surface area contributed by atoms with Gasteiger partial charge in [-0.15, -0.1) is 0 Å². The first-order chi connectivity index (χ1) is 13.3. The maximum atomic E-state index is 12.3. The summed E-state index contributed by atoms with van der Waals surface area (Å²) in [6.45, 7) is 2.75. The molecular weight excluding hydrogens is 392 g/mol. The summed E-state index contributed by atoms with van der Waals surface area (Å²) in [5.41, 5.74) is 0.905. The lowest BCUT2D eigenvalue weighted by atomic mass is 10.2. The number of nitrogens with zero attached hydrogens (tertiary/aromatic N) is 4. The van der Waals surface area contributed by atoms with Crippen molar-refractivity contribution in [2.45, 2.75) is 6.92 Å². The Morgan fingerprint density at radius 3 is 2.61 bits per heavy atom. The quantitative estimate of drug-likeness (QED) is 0.419. The Bertz CT molecular complexity index is 907. The van der Waals surface area contributed by atoms with Crippen LogP contribution in [-0.2, 0) is 9.53 Å². The second kappa shape index (κ2) is 8.26. The van der Waals surface area contributed by atoms with E-state index in [2.05, 4.69) is 5.16 Å². The van der Waals surface area contributed by atoms with Crippen molar-refractivity contribution in [2.24, 2.45) is 0 Å². The number of rotatable bonds is 5. The third-order valence-corrected chi connectivity index (χ3v) is 4.50. The van der Waals surface area contributed by atoms with E-state index in [1.165, 1.54) is 17.0 Å². The van der Waals surface area contributed by atoms with Gasteiger partial charge in [0.2, 0.25) is 5.76 Å². The molecule has 2 aromatic rings. The van der Waals surface area contributed by atoms with Gasteiger partial charge in [-0.05, 0) is 19.1 Å². The molecule has 0 bridgehead atoms. The number of carbonyl (C=O) groups is 2. The molecule has 2 heterocycles. The molecule has 1 saturated heterocycles. The van der Waals surface area contributed by atoms with Crippen molar-refractivity contribution in [1.29, 1.82) is 0 Å². The lowest BCUT2D eigenvalue weighted by Gasteiger charge is -2.35. The van der Waals surface area contributed by atoms with Crippen molar-refractivity contribution in [3.05, 3.63) is 50.9 Å². The molecule has 28 heavy (non-hydrogen) atoms. The van der Waals surface area contributed by atoms with Crippen LogP contribution >= 0.6 is 11.6 Å². The molecule has 0 saturated carbocycles. The van der Waals surface area contributed by atoms with Gasteiger partial charge in [-0.3, -0.25) is 14.9 Å². The van der Waals surface area contributed by atoms with Gasteiger partial charge >= 0.3 is 5.97 Å². The van der Waals surface area contributed by atoms with Crippen molar-refractivity contribution in [2.75, 3.05) is 37.7 Å². The number of piperazine rings is 1. The van der Waals surface area contributed by atoms with E-state index in [4.69, 9.17) is 20.9 Å². The minimum Gasteiger partial charge on any atom is -0.450 e. The number of nitro groups is 1. The largest absolute Gasteiger partial charge is 0.450 e. The number of aromatic nitrogens is 1. The lowest BCUT2D eigenvalue weighted by molar-refractivity contribution is -0.384. The van der Waals surface area contributed by atoms with Crippen LogP contribution in [0.3, 0.4) is 0 Å². The van der Waals surface area contributed by atoms with Crippen LogP contribution in [0.1, 0.15) is 16.2 Å². The monoisotopic (exact) mass is 408 g/mol. The van der Waals surface area contributed by atoms with Crippen LogP contribution in [-0.4, -0.2) is 59.6 Å². The molecule has 148 valence electrons. The van der Waals surface area contributed by atoms with E-state index in [0.29, 0.717) is 37.6 Å². The van der Waals surface area contributed by atoms with E-state index < -0.39 is 17.5 Å². The third kappa shape index (κ3) is 4.39. The van der Waals surface area contributed by atoms with Crippen molar-refractivity contribution in [3.63, 3.8) is 0 Å². The van der Waals surface area contributed by atoms with Crippen molar-refractivity contribution < 1.29 is 23.8 Å². The Hall–Kier alpha value is -3.14. The number of ether oxygens (including phenoxy) is 1. The summed E-state index contributed by atoms with van der Waals surface area (Å²) >= 11 is 5.84. The third-order valence-electron chi connectivity index (χ3n) is 4.26. The second-order valence-corrected chi connectivity index (χ2v) is 6.60. The van der Waals surface area contributed by atoms with Crippen LogP contribution in [0.4, 0.5) is 11.4 Å². The van der Waals surface area contributed by atoms with Crippen LogP contribution in [0.5, 0.6) is 0 Å². The topological polar surface area (TPSA) is 119 Å². The van der Waals surface area contributed by atoms with Gasteiger partial charge in [0, 0.05) is 43.3 Å². The molecule has 0 atom stereocenters. The predicted octanol–water partition coefficient (Wildman–Crippen LogP) is 2.05. The van der Waals surface area contributed by atoms with Crippen LogP contribution in [0.25, 0.3) is 0 Å². The Labute approximate surface area is 164 Å². The number of hydrogen-bond acceptors (Lipinski definition) is 8. The number of halogens is 1. The van der Waals surface area contributed by atoms with Crippen molar-refractivity contribution >= 4 is 34.9 Å². The first-order valence-corrected chi connectivity index (χ1v) is 8.80. The highest BCUT2D eigenvalue weighted by Gasteiger charge is 2.26. The molecule has 1 aromatic carbocycles. The molecule has 0 radical (unpaired) electrons. The highest BCUT2D eigenvalue weighted by molar-refractivity contribution is 6.30. The van der Waals surface area contributed by atoms with Gasteiger partial charge in [0.1, 0.15) is 5.69 Å². The Kier molecular flexibility index (Phi) is 5.78. The molecule has 11 heteroatoms. The average Bonchev–Trinajstić information content (AvgIpc) is 3.12. The summed E-state index contributed by atoms with van der Waals surface area (Å²) in [5.74, 6) is -1.18. The molecule has 1 fully saturated rings. The molecule has 1 amide bonds. The predicted molar refractivity (Wildman–Crippen MR) is 98.4 cm³/mol. The zero-order valence-corrected chi connectivity index (χ0v) is 15.7. The fourth-order valence-corrected chi connectivity index (χ4v) is 3.02. The maximum Gasteiger partial charge on any atom is 0.377 e. The molecule has 0 spiro atoms. The summed E-state index contributed by atoms with van der Waals surface area (Å²) in [7, 11) is 0. The van der Waals surface area contributed by atoms with Gasteiger partial charge in [0.05, 0.1) is 10.6 Å². The number of nitro benzene ring substituents is 1. The van der Waals surface area contributed by atoms with Crippen LogP contribution < -0.4 is 4.90 Å². The Morgan fingerprint density at radius 2 is 2.00 bits per heavy atom. The summed E-state index contributed by atoms with van der Waals surface area (Å²) in [4.78, 5) is 38.2. The molecule has 1 aliphatic heterocycles. The standard InChI is InChI=1S/C17H17ClN4O6/c1-11-8-15(28-19-11)17(24)27-10-16(23)21-6-4-20(5-7-21)13-3-2-12(18)9-14(13)22(25)26/h2-3,8-9H,4-7,10H2,1H3. The number of carbonyl (C=O) groups excluding carboxylic acids is 2. The first-order valence-electron chi connectivity index (χ1n) is 8.42. The van der Waals surface area contributed by atoms with Gasteiger partial charge < -0.3 is 19.1 Å². The fraction of sp³-hybridized carbons (Fsp3) is 0.353. The van der Waals surface area contributed by atoms with E-state index in [-0.39, 0.29) is 22.4 Å². The van der Waals surface area contributed by atoms with E-state index in [1.54, 1.807) is 19.1 Å². The van der Waals surface area contributed by atoms with Crippen LogP contribution in [0, 0.1) is 17.0 Å². The lowest BCUT2D eigenvalue weighted by Crippen LogP contribution is -2.50. The van der Waals surface area contributed by atoms with Gasteiger partial charge in [-0.25, -0.2) is 4.79 Å². The summed E-state index contributed by atoms with van der Waals surface area (Å²) in [6.07, 6.45) is 0. The fourth-order valence-electron chi connectivity index (χ4n) is 2.86. The highest BCUT2D eigenvalue weighted by atomic mass is 35.5. The molecule has 10 nitrogen and oxygen atoms in total. The number of hydrogen-bond donors (Lipinski definition) is 0. The average molecular weight is 409 g/mol. The summed E-state index contributed by atoms with van der Waals surface area (Å²) < 4.78 is 9.74. The van der Waals surface area contributed by atoms with Gasteiger partial charge in [-0.2, -0.15) is 0 Å². The maximum absolute atomic E-state index is 12.3. The van der Waals surface area contributed by atoms with Gasteiger partial charge in [-0.1, -0.05) is 16.8 Å². The molecule has 0 aliphatic carbocycles. The molecule has 1 aromatic heterocycles. The number of esters is 1. The highest BCUT2D eigenvalue weighted by Crippen LogP contribution is 2.31. The molecule has 0 N–H and O–H groups in total. The Morgan fingerprint density at radius 1 is 1.29 bits per heavy atom. The van der Waals surface area contributed by atoms with E-state index in [9.17, 15) is 19.7 Å². The number of anilines is 1. The van der Waals surface area contributed by atoms with Crippen molar-refractivity contribution in [3.8, 4) is 0 Å². The normalized spacial score (nSPS) is 14.1. The first kappa shape index (κ1) is 19.6. The number of amides is 1. The Balaban J connectivity index is 1.54. The minimum absolute atomic E-state index is 0.0647. The SMILES string of the molecule is Cc1cc(C(=O)OCC(=O)N2CCN(c3ccc(Cl)cc3[N+](=O)[O-])CC2)on1. The van der Waals surface area contributed by atoms with E-state index in [1.807, 2.05) is 4.90 Å². The molecule has 0 unspecified atom stereocenters. The molecular formula is C17H17ClN4O6.